The minimum Gasteiger partial charge on any atom is -0.489 e. The number of hydrogen-bond donors (Lipinski definition) is 0. The van der Waals surface area contributed by atoms with Gasteiger partial charge in [0.25, 0.3) is 0 Å². The van der Waals surface area contributed by atoms with Crippen LogP contribution in [0.4, 0.5) is 5.13 Å². The Morgan fingerprint density at radius 1 is 1.10 bits per heavy atom. The standard InChI is InChI=1S/C24H31N3OS/c1-17-8-7-9-18(2)23(17)28-19(3)16-27-14-12-20(13-15-27)26(4)24-25-21-10-5-6-11-22(21)29-24/h5-11,19-20H,12-16H2,1-4H3. The molecule has 2 aromatic carbocycles. The van der Waals surface area contributed by atoms with Crippen molar-refractivity contribution in [1.29, 1.82) is 0 Å². The van der Waals surface area contributed by atoms with Crippen LogP contribution in [0.25, 0.3) is 10.2 Å². The van der Waals surface area contributed by atoms with Crippen molar-refractivity contribution in [3.8, 4) is 5.75 Å². The minimum absolute atomic E-state index is 0.188. The molecule has 1 aromatic heterocycles. The SMILES string of the molecule is Cc1cccc(C)c1OC(C)CN1CCC(N(C)c2nc3ccccc3s2)CC1. The van der Waals surface area contributed by atoms with E-state index in [4.69, 9.17) is 9.72 Å². The number of hydrogen-bond acceptors (Lipinski definition) is 5. The van der Waals surface area contributed by atoms with Crippen molar-refractivity contribution in [3.63, 3.8) is 0 Å². The molecule has 29 heavy (non-hydrogen) atoms. The summed E-state index contributed by atoms with van der Waals surface area (Å²) in [5.74, 6) is 1.05. The molecule has 0 N–H and O–H groups in total. The Balaban J connectivity index is 1.31. The maximum atomic E-state index is 6.30. The van der Waals surface area contributed by atoms with Gasteiger partial charge in [0.2, 0.25) is 0 Å². The Hall–Kier alpha value is -2.11. The number of fused-ring (bicyclic) bond motifs is 1. The van der Waals surface area contributed by atoms with E-state index >= 15 is 0 Å². The fourth-order valence-electron chi connectivity index (χ4n) is 4.24. The first-order valence-electron chi connectivity index (χ1n) is 10.5. The predicted octanol–water partition coefficient (Wildman–Crippen LogP) is 5.28. The van der Waals surface area contributed by atoms with E-state index in [1.807, 2.05) is 0 Å². The number of anilines is 1. The number of ether oxygens (including phenoxy) is 1. The number of thiazole rings is 1. The van der Waals surface area contributed by atoms with Gasteiger partial charge in [-0.25, -0.2) is 4.98 Å². The highest BCUT2D eigenvalue weighted by Gasteiger charge is 2.25. The van der Waals surface area contributed by atoms with Gasteiger partial charge in [0.05, 0.1) is 10.2 Å². The summed E-state index contributed by atoms with van der Waals surface area (Å²) >= 11 is 1.80. The average Bonchev–Trinajstić information content (AvgIpc) is 3.15. The Bertz CT molecular complexity index is 908. The number of likely N-dealkylation sites (tertiary alicyclic amines) is 1. The second kappa shape index (κ2) is 8.72. The molecular weight excluding hydrogens is 378 g/mol. The third-order valence-corrected chi connectivity index (χ3v) is 7.06. The van der Waals surface area contributed by atoms with Crippen LogP contribution >= 0.6 is 11.3 Å². The molecule has 154 valence electrons. The summed E-state index contributed by atoms with van der Waals surface area (Å²) in [6.07, 6.45) is 2.53. The quantitative estimate of drug-likeness (QED) is 0.554. The summed E-state index contributed by atoms with van der Waals surface area (Å²) in [5.41, 5.74) is 3.54. The molecule has 4 rings (SSSR count). The number of para-hydroxylation sites is 2. The lowest BCUT2D eigenvalue weighted by Gasteiger charge is -2.37. The maximum absolute atomic E-state index is 6.30. The van der Waals surface area contributed by atoms with Gasteiger partial charge in [0, 0.05) is 32.7 Å². The zero-order valence-electron chi connectivity index (χ0n) is 17.9. The summed E-state index contributed by atoms with van der Waals surface area (Å²) in [4.78, 5) is 9.76. The molecule has 0 aliphatic carbocycles. The molecule has 5 heteroatoms. The van der Waals surface area contributed by atoms with Crippen molar-refractivity contribution in [2.24, 2.45) is 0 Å². The Kier molecular flexibility index (Phi) is 6.07. The number of aryl methyl sites for hydroxylation is 2. The average molecular weight is 410 g/mol. The molecule has 0 amide bonds. The molecule has 0 radical (unpaired) electrons. The summed E-state index contributed by atoms with van der Waals surface area (Å²) < 4.78 is 7.56. The van der Waals surface area contributed by atoms with E-state index in [0.717, 1.165) is 36.0 Å². The van der Waals surface area contributed by atoms with E-state index in [1.165, 1.54) is 28.7 Å². The van der Waals surface area contributed by atoms with Gasteiger partial charge in [-0.2, -0.15) is 0 Å². The molecule has 2 heterocycles. The van der Waals surface area contributed by atoms with E-state index in [-0.39, 0.29) is 6.10 Å². The Labute approximate surface area is 178 Å². The highest BCUT2D eigenvalue weighted by atomic mass is 32.1. The molecule has 1 aliphatic heterocycles. The van der Waals surface area contributed by atoms with Crippen LogP contribution in [-0.4, -0.2) is 48.7 Å². The zero-order valence-corrected chi connectivity index (χ0v) is 18.7. The number of piperidine rings is 1. The van der Waals surface area contributed by atoms with Crippen LogP contribution in [0.15, 0.2) is 42.5 Å². The number of benzene rings is 2. The van der Waals surface area contributed by atoms with E-state index in [0.29, 0.717) is 6.04 Å². The largest absolute Gasteiger partial charge is 0.489 e. The van der Waals surface area contributed by atoms with Crippen molar-refractivity contribution in [3.05, 3.63) is 53.6 Å². The van der Waals surface area contributed by atoms with Crippen LogP contribution < -0.4 is 9.64 Å². The first kappa shape index (κ1) is 20.2. The van der Waals surface area contributed by atoms with Crippen molar-refractivity contribution in [1.82, 2.24) is 9.88 Å². The third-order valence-electron chi connectivity index (χ3n) is 5.93. The van der Waals surface area contributed by atoms with E-state index in [9.17, 15) is 0 Å². The van der Waals surface area contributed by atoms with Gasteiger partial charge in [-0.05, 0) is 56.9 Å². The molecule has 0 spiro atoms. The van der Waals surface area contributed by atoms with Gasteiger partial charge in [-0.15, -0.1) is 0 Å². The molecule has 0 bridgehead atoms. The van der Waals surface area contributed by atoms with E-state index in [2.05, 4.69) is 80.1 Å². The smallest absolute Gasteiger partial charge is 0.186 e. The number of aromatic nitrogens is 1. The van der Waals surface area contributed by atoms with E-state index < -0.39 is 0 Å². The maximum Gasteiger partial charge on any atom is 0.186 e. The normalized spacial score (nSPS) is 16.8. The summed E-state index contributed by atoms with van der Waals surface area (Å²) in [5, 5.41) is 1.14. The van der Waals surface area contributed by atoms with Crippen molar-refractivity contribution in [2.45, 2.75) is 45.8 Å². The molecule has 3 aromatic rings. The first-order valence-corrected chi connectivity index (χ1v) is 11.4. The van der Waals surface area contributed by atoms with Gasteiger partial charge in [0.1, 0.15) is 11.9 Å². The monoisotopic (exact) mass is 409 g/mol. The fourth-order valence-corrected chi connectivity index (χ4v) is 5.24. The third kappa shape index (κ3) is 4.57. The molecule has 1 unspecified atom stereocenters. The highest BCUT2D eigenvalue weighted by molar-refractivity contribution is 7.22. The number of nitrogens with zero attached hydrogens (tertiary/aromatic N) is 3. The molecule has 1 atom stereocenters. The molecule has 1 saturated heterocycles. The van der Waals surface area contributed by atoms with Gasteiger partial charge in [0.15, 0.2) is 5.13 Å². The summed E-state index contributed by atoms with van der Waals surface area (Å²) in [6, 6.07) is 15.3. The van der Waals surface area contributed by atoms with Crippen LogP contribution in [-0.2, 0) is 0 Å². The van der Waals surface area contributed by atoms with Crippen LogP contribution in [0, 0.1) is 13.8 Å². The second-order valence-electron chi connectivity index (χ2n) is 8.26. The zero-order chi connectivity index (χ0) is 20.4. The highest BCUT2D eigenvalue weighted by Crippen LogP contribution is 2.31. The minimum atomic E-state index is 0.188. The molecule has 0 saturated carbocycles. The predicted molar refractivity (Wildman–Crippen MR) is 123 cm³/mol. The lowest BCUT2D eigenvalue weighted by atomic mass is 10.0. The molecule has 1 fully saturated rings. The van der Waals surface area contributed by atoms with Gasteiger partial charge >= 0.3 is 0 Å². The van der Waals surface area contributed by atoms with Crippen LogP contribution in [0.3, 0.4) is 0 Å². The Morgan fingerprint density at radius 3 is 2.48 bits per heavy atom. The molecule has 1 aliphatic rings. The Morgan fingerprint density at radius 2 is 1.79 bits per heavy atom. The fraction of sp³-hybridized carbons (Fsp3) is 0.458. The van der Waals surface area contributed by atoms with Crippen LogP contribution in [0.5, 0.6) is 5.75 Å². The van der Waals surface area contributed by atoms with Crippen molar-refractivity contribution in [2.75, 3.05) is 31.6 Å². The molecule has 4 nitrogen and oxygen atoms in total. The van der Waals surface area contributed by atoms with Crippen molar-refractivity contribution < 1.29 is 4.74 Å². The van der Waals surface area contributed by atoms with Gasteiger partial charge < -0.3 is 9.64 Å². The molecular formula is C24H31N3OS. The summed E-state index contributed by atoms with van der Waals surface area (Å²) in [7, 11) is 2.20. The second-order valence-corrected chi connectivity index (χ2v) is 9.27. The number of rotatable bonds is 6. The topological polar surface area (TPSA) is 28.6 Å². The van der Waals surface area contributed by atoms with Gasteiger partial charge in [-0.1, -0.05) is 41.7 Å². The summed E-state index contributed by atoms with van der Waals surface area (Å²) in [6.45, 7) is 9.63. The van der Waals surface area contributed by atoms with Crippen LogP contribution in [0.1, 0.15) is 30.9 Å². The lowest BCUT2D eigenvalue weighted by molar-refractivity contribution is 0.123. The van der Waals surface area contributed by atoms with E-state index in [1.54, 1.807) is 11.3 Å². The van der Waals surface area contributed by atoms with Gasteiger partial charge in [-0.3, -0.25) is 4.90 Å². The van der Waals surface area contributed by atoms with Crippen molar-refractivity contribution >= 4 is 26.7 Å². The first-order chi connectivity index (χ1) is 14.0. The lowest BCUT2D eigenvalue weighted by Crippen LogP contribution is -2.46. The van der Waals surface area contributed by atoms with Crippen LogP contribution in [0.2, 0.25) is 0 Å².